The van der Waals surface area contributed by atoms with Gasteiger partial charge in [-0.2, -0.15) is 0 Å². The number of nitrogens with zero attached hydrogens (tertiary/aromatic N) is 1. The van der Waals surface area contributed by atoms with Gasteiger partial charge in [-0.25, -0.2) is 0 Å². The van der Waals surface area contributed by atoms with Gasteiger partial charge in [-0.05, 0) is 27.7 Å². The van der Waals surface area contributed by atoms with Crippen LogP contribution in [0.1, 0.15) is 27.7 Å². The number of carbonyl (C=O) groups is 4. The molecule has 0 amide bonds. The molecule has 0 aliphatic carbocycles. The Morgan fingerprint density at radius 1 is 0.741 bits per heavy atom. The molecule has 0 saturated carbocycles. The fraction of sp³-hybridized carbons (Fsp3) is 0.765. The van der Waals surface area contributed by atoms with E-state index in [4.69, 9.17) is 18.9 Å². The van der Waals surface area contributed by atoms with Crippen molar-refractivity contribution >= 4 is 35.6 Å². The summed E-state index contributed by atoms with van der Waals surface area (Å²) in [5, 5.41) is 0. The van der Waals surface area contributed by atoms with Crippen molar-refractivity contribution in [2.45, 2.75) is 33.7 Å². The van der Waals surface area contributed by atoms with E-state index in [0.717, 1.165) is 11.8 Å². The van der Waals surface area contributed by atoms with E-state index < -0.39 is 29.9 Å². The van der Waals surface area contributed by atoms with Gasteiger partial charge in [-0.15, -0.1) is 11.8 Å². The first kappa shape index (κ1) is 25.2. The van der Waals surface area contributed by atoms with Crippen LogP contribution in [0.15, 0.2) is 0 Å². The van der Waals surface area contributed by atoms with Crippen molar-refractivity contribution in [3.8, 4) is 0 Å². The zero-order valence-corrected chi connectivity index (χ0v) is 17.2. The van der Waals surface area contributed by atoms with Crippen molar-refractivity contribution in [3.05, 3.63) is 0 Å². The van der Waals surface area contributed by atoms with Crippen LogP contribution in [0.5, 0.6) is 0 Å². The van der Waals surface area contributed by atoms with Gasteiger partial charge in [0.25, 0.3) is 0 Å². The molecular weight excluding hydrogens is 378 g/mol. The maximum atomic E-state index is 12.4. The summed E-state index contributed by atoms with van der Waals surface area (Å²) in [7, 11) is 0. The molecule has 0 aromatic carbocycles. The Morgan fingerprint density at radius 2 is 1.19 bits per heavy atom. The highest BCUT2D eigenvalue weighted by molar-refractivity contribution is 8.00. The second-order valence-electron chi connectivity index (χ2n) is 5.10. The van der Waals surface area contributed by atoms with E-state index in [9.17, 15) is 19.2 Å². The van der Waals surface area contributed by atoms with E-state index in [-0.39, 0.29) is 51.0 Å². The molecule has 156 valence electrons. The molecule has 27 heavy (non-hydrogen) atoms. The van der Waals surface area contributed by atoms with Gasteiger partial charge in [0.1, 0.15) is 6.04 Å². The molecule has 0 N–H and O–H groups in total. The first-order valence-corrected chi connectivity index (χ1v) is 10.00. The second-order valence-corrected chi connectivity index (χ2v) is 6.13. The third kappa shape index (κ3) is 11.5. The third-order valence-electron chi connectivity index (χ3n) is 3.08. The van der Waals surface area contributed by atoms with Crippen LogP contribution in [0.3, 0.4) is 0 Å². The minimum Gasteiger partial charge on any atom is -0.465 e. The Hall–Kier alpha value is -1.81. The Morgan fingerprint density at radius 3 is 1.63 bits per heavy atom. The average molecular weight is 407 g/mol. The van der Waals surface area contributed by atoms with Gasteiger partial charge < -0.3 is 18.9 Å². The topological polar surface area (TPSA) is 108 Å². The predicted molar refractivity (Wildman–Crippen MR) is 99.2 cm³/mol. The Labute approximate surface area is 164 Å². The van der Waals surface area contributed by atoms with Crippen molar-refractivity contribution in [2.75, 3.05) is 51.0 Å². The summed E-state index contributed by atoms with van der Waals surface area (Å²) in [4.78, 5) is 49.0. The minimum atomic E-state index is -0.918. The zero-order chi connectivity index (χ0) is 20.7. The predicted octanol–water partition coefficient (Wildman–Crippen LogP) is 0.643. The summed E-state index contributed by atoms with van der Waals surface area (Å²) in [5.74, 6) is -1.99. The summed E-state index contributed by atoms with van der Waals surface area (Å²) in [6.45, 7) is 6.86. The molecule has 0 aliphatic rings. The molecule has 0 rings (SSSR count). The highest BCUT2D eigenvalue weighted by Crippen LogP contribution is 2.12. The normalized spacial score (nSPS) is 11.6. The van der Waals surface area contributed by atoms with Crippen LogP contribution in [-0.2, 0) is 38.1 Å². The van der Waals surface area contributed by atoms with E-state index >= 15 is 0 Å². The molecule has 0 fully saturated rings. The summed E-state index contributed by atoms with van der Waals surface area (Å²) >= 11 is 1.15. The van der Waals surface area contributed by atoms with Crippen molar-refractivity contribution in [1.82, 2.24) is 4.90 Å². The van der Waals surface area contributed by atoms with Crippen molar-refractivity contribution in [1.29, 1.82) is 0 Å². The smallest absolute Gasteiger partial charge is 0.324 e. The van der Waals surface area contributed by atoms with Gasteiger partial charge in [-0.3, -0.25) is 24.1 Å². The Kier molecular flexibility index (Phi) is 14.2. The van der Waals surface area contributed by atoms with E-state index in [1.165, 1.54) is 4.90 Å². The highest BCUT2D eigenvalue weighted by atomic mass is 32.2. The van der Waals surface area contributed by atoms with Crippen LogP contribution in [0.4, 0.5) is 0 Å². The minimum absolute atomic E-state index is 0.0381. The molecule has 0 saturated heterocycles. The Balaban J connectivity index is 5.20. The van der Waals surface area contributed by atoms with Crippen LogP contribution in [0, 0.1) is 0 Å². The average Bonchev–Trinajstić information content (AvgIpc) is 2.59. The molecule has 0 aromatic rings. The summed E-state index contributed by atoms with van der Waals surface area (Å²) in [5.41, 5.74) is 0. The lowest BCUT2D eigenvalue weighted by Crippen LogP contribution is -2.49. The molecule has 0 radical (unpaired) electrons. The van der Waals surface area contributed by atoms with Gasteiger partial charge in [-0.1, -0.05) is 0 Å². The van der Waals surface area contributed by atoms with Crippen LogP contribution < -0.4 is 0 Å². The molecule has 0 aromatic heterocycles. The maximum absolute atomic E-state index is 12.4. The van der Waals surface area contributed by atoms with Crippen molar-refractivity contribution < 1.29 is 38.1 Å². The maximum Gasteiger partial charge on any atom is 0.324 e. The van der Waals surface area contributed by atoms with Crippen LogP contribution >= 0.6 is 11.8 Å². The number of hydrogen-bond acceptors (Lipinski definition) is 10. The lowest BCUT2D eigenvalue weighted by molar-refractivity contribution is -0.155. The number of rotatable bonds is 14. The molecule has 0 bridgehead atoms. The highest BCUT2D eigenvalue weighted by Gasteiger charge is 2.31. The summed E-state index contributed by atoms with van der Waals surface area (Å²) in [6.07, 6.45) is 0. The molecule has 10 heteroatoms. The molecule has 0 heterocycles. The number of esters is 4. The molecule has 0 spiro atoms. The lowest BCUT2D eigenvalue weighted by Gasteiger charge is -2.28. The van der Waals surface area contributed by atoms with E-state index in [0.29, 0.717) is 0 Å². The van der Waals surface area contributed by atoms with Gasteiger partial charge >= 0.3 is 23.9 Å². The molecule has 1 atom stereocenters. The van der Waals surface area contributed by atoms with Gasteiger partial charge in [0.15, 0.2) is 0 Å². The molecule has 9 nitrogen and oxygen atoms in total. The first-order chi connectivity index (χ1) is 12.9. The largest absolute Gasteiger partial charge is 0.465 e. The van der Waals surface area contributed by atoms with Gasteiger partial charge in [0.05, 0.1) is 45.3 Å². The van der Waals surface area contributed by atoms with E-state index in [2.05, 4.69) is 0 Å². The second kappa shape index (κ2) is 15.3. The number of hydrogen-bond donors (Lipinski definition) is 0. The quantitative estimate of drug-likeness (QED) is 0.301. The number of thioether (sulfide) groups is 1. The van der Waals surface area contributed by atoms with Crippen molar-refractivity contribution in [3.63, 3.8) is 0 Å². The number of ether oxygens (including phenoxy) is 4. The van der Waals surface area contributed by atoms with Gasteiger partial charge in [0, 0.05) is 5.75 Å². The van der Waals surface area contributed by atoms with Gasteiger partial charge in [0.2, 0.25) is 0 Å². The van der Waals surface area contributed by atoms with E-state index in [1.54, 1.807) is 27.7 Å². The molecule has 0 aliphatic heterocycles. The summed E-state index contributed by atoms with van der Waals surface area (Å²) < 4.78 is 19.7. The number of carbonyl (C=O) groups excluding carboxylic acids is 4. The van der Waals surface area contributed by atoms with Crippen LogP contribution in [0.2, 0.25) is 0 Å². The molecular formula is C17H29NO8S. The van der Waals surface area contributed by atoms with E-state index in [1.807, 2.05) is 0 Å². The fourth-order valence-corrected chi connectivity index (χ4v) is 2.98. The fourth-order valence-electron chi connectivity index (χ4n) is 2.04. The van der Waals surface area contributed by atoms with Crippen molar-refractivity contribution in [2.24, 2.45) is 0 Å². The SMILES string of the molecule is CCOC(=O)CSC[C@@H](C(=O)OCC)N(CC(=O)OCC)CC(=O)OCC. The third-order valence-corrected chi connectivity index (χ3v) is 4.07. The standard InChI is InChI=1S/C17H29NO8S/c1-5-23-14(19)9-18(10-15(20)24-6-2)13(17(22)26-8-4)11-27-12-16(21)25-7-3/h13H,5-12H2,1-4H3/t13-/m0/s1. The van der Waals surface area contributed by atoms with Crippen LogP contribution in [0.25, 0.3) is 0 Å². The summed E-state index contributed by atoms with van der Waals surface area (Å²) in [6, 6.07) is -0.918. The lowest BCUT2D eigenvalue weighted by atomic mass is 10.2. The monoisotopic (exact) mass is 407 g/mol. The first-order valence-electron chi connectivity index (χ1n) is 8.84. The van der Waals surface area contributed by atoms with Crippen LogP contribution in [-0.4, -0.2) is 85.8 Å². The molecule has 0 unspecified atom stereocenters. The zero-order valence-electron chi connectivity index (χ0n) is 16.4. The Bertz CT molecular complexity index is 466.